The van der Waals surface area contributed by atoms with Crippen LogP contribution in [0.3, 0.4) is 0 Å². The number of benzene rings is 1. The molecule has 1 aromatic rings. The Morgan fingerprint density at radius 1 is 1.44 bits per heavy atom. The van der Waals surface area contributed by atoms with Crippen molar-refractivity contribution in [3.05, 3.63) is 35.4 Å². The van der Waals surface area contributed by atoms with E-state index >= 15 is 0 Å². The molecule has 3 heteroatoms. The number of aliphatic hydroxyl groups is 1. The highest BCUT2D eigenvalue weighted by Gasteiger charge is 2.23. The largest absolute Gasteiger partial charge is 0.387 e. The molecular formula is C15H20N2O. The predicted octanol–water partition coefficient (Wildman–Crippen LogP) is 2.32. The summed E-state index contributed by atoms with van der Waals surface area (Å²) in [6.07, 6.45) is 2.02. The van der Waals surface area contributed by atoms with Gasteiger partial charge in [0.25, 0.3) is 0 Å². The molecule has 2 unspecified atom stereocenters. The Labute approximate surface area is 109 Å². The van der Waals surface area contributed by atoms with Gasteiger partial charge in [-0.1, -0.05) is 25.5 Å². The molecular weight excluding hydrogens is 224 g/mol. The first kappa shape index (κ1) is 13.1. The Kier molecular flexibility index (Phi) is 4.35. The van der Waals surface area contributed by atoms with Gasteiger partial charge in [-0.15, -0.1) is 0 Å². The molecule has 0 aromatic heterocycles. The minimum atomic E-state index is -0.451. The molecule has 1 aliphatic heterocycles. The first-order chi connectivity index (χ1) is 8.72. The lowest BCUT2D eigenvalue weighted by Crippen LogP contribution is -2.26. The Bertz CT molecular complexity index is 421. The van der Waals surface area contributed by atoms with Gasteiger partial charge in [-0.2, -0.15) is 5.26 Å². The summed E-state index contributed by atoms with van der Waals surface area (Å²) in [7, 11) is 0. The highest BCUT2D eigenvalue weighted by atomic mass is 16.3. The zero-order valence-corrected chi connectivity index (χ0v) is 10.8. The first-order valence-corrected chi connectivity index (χ1v) is 6.63. The van der Waals surface area contributed by atoms with E-state index in [4.69, 9.17) is 5.26 Å². The summed E-state index contributed by atoms with van der Waals surface area (Å²) in [4.78, 5) is 2.33. The second-order valence-corrected chi connectivity index (χ2v) is 5.07. The number of β-amino-alcohol motifs (C(OH)–C–C–N with tert-alkyl or cyclic N) is 1. The van der Waals surface area contributed by atoms with Gasteiger partial charge in [-0.05, 0) is 36.6 Å². The molecule has 3 nitrogen and oxygen atoms in total. The summed E-state index contributed by atoms with van der Waals surface area (Å²) >= 11 is 0. The topological polar surface area (TPSA) is 47.3 Å². The van der Waals surface area contributed by atoms with Crippen LogP contribution in [-0.4, -0.2) is 29.6 Å². The van der Waals surface area contributed by atoms with E-state index in [9.17, 15) is 5.11 Å². The minimum absolute atomic E-state index is 0.451. The van der Waals surface area contributed by atoms with Gasteiger partial charge in [-0.25, -0.2) is 0 Å². The Balaban J connectivity index is 1.91. The van der Waals surface area contributed by atoms with E-state index in [1.54, 1.807) is 12.1 Å². The van der Waals surface area contributed by atoms with Crippen molar-refractivity contribution in [2.24, 2.45) is 5.92 Å². The van der Waals surface area contributed by atoms with Crippen LogP contribution in [0.5, 0.6) is 0 Å². The molecule has 0 saturated carbocycles. The van der Waals surface area contributed by atoms with Crippen molar-refractivity contribution in [3.63, 3.8) is 0 Å². The van der Waals surface area contributed by atoms with Crippen molar-refractivity contribution in [3.8, 4) is 6.07 Å². The van der Waals surface area contributed by atoms with Gasteiger partial charge in [0, 0.05) is 13.1 Å². The molecule has 0 radical (unpaired) electrons. The van der Waals surface area contributed by atoms with Crippen LogP contribution < -0.4 is 0 Å². The number of aliphatic hydroxyl groups excluding tert-OH is 1. The van der Waals surface area contributed by atoms with E-state index < -0.39 is 6.10 Å². The average Bonchev–Trinajstić information content (AvgIpc) is 2.86. The van der Waals surface area contributed by atoms with E-state index in [1.165, 1.54) is 12.8 Å². The fourth-order valence-electron chi connectivity index (χ4n) is 2.54. The first-order valence-electron chi connectivity index (χ1n) is 6.63. The fourth-order valence-corrected chi connectivity index (χ4v) is 2.54. The smallest absolute Gasteiger partial charge is 0.0991 e. The van der Waals surface area contributed by atoms with Crippen molar-refractivity contribution >= 4 is 0 Å². The van der Waals surface area contributed by atoms with Gasteiger partial charge >= 0.3 is 0 Å². The summed E-state index contributed by atoms with van der Waals surface area (Å²) in [5, 5.41) is 18.9. The summed E-state index contributed by atoms with van der Waals surface area (Å²) in [5.74, 6) is 0.790. The monoisotopic (exact) mass is 244 g/mol. The third-order valence-electron chi connectivity index (χ3n) is 3.80. The lowest BCUT2D eigenvalue weighted by molar-refractivity contribution is 0.124. The number of nitriles is 1. The van der Waals surface area contributed by atoms with Crippen LogP contribution >= 0.6 is 0 Å². The number of hydrogen-bond acceptors (Lipinski definition) is 3. The maximum absolute atomic E-state index is 10.2. The second kappa shape index (κ2) is 5.99. The minimum Gasteiger partial charge on any atom is -0.387 e. The number of hydrogen-bond donors (Lipinski definition) is 1. The van der Waals surface area contributed by atoms with Gasteiger partial charge < -0.3 is 10.0 Å². The highest BCUT2D eigenvalue weighted by molar-refractivity contribution is 5.32. The number of rotatable bonds is 4. The van der Waals surface area contributed by atoms with E-state index in [-0.39, 0.29) is 0 Å². The van der Waals surface area contributed by atoms with E-state index in [0.29, 0.717) is 12.1 Å². The molecule has 96 valence electrons. The van der Waals surface area contributed by atoms with Crippen LogP contribution in [0.4, 0.5) is 0 Å². The molecule has 1 heterocycles. The fraction of sp³-hybridized carbons (Fsp3) is 0.533. The van der Waals surface area contributed by atoms with Crippen LogP contribution in [0.2, 0.25) is 0 Å². The molecule has 2 atom stereocenters. The molecule has 1 N–H and O–H groups in total. The van der Waals surface area contributed by atoms with Gasteiger partial charge in [0.15, 0.2) is 0 Å². The Morgan fingerprint density at radius 2 is 2.17 bits per heavy atom. The van der Waals surface area contributed by atoms with Crippen molar-refractivity contribution in [2.75, 3.05) is 19.6 Å². The SMILES string of the molecule is CCC1CCN(CC(O)c2ccc(C#N)cc2)C1. The predicted molar refractivity (Wildman–Crippen MR) is 71.0 cm³/mol. The Morgan fingerprint density at radius 3 is 2.72 bits per heavy atom. The van der Waals surface area contributed by atoms with Crippen LogP contribution in [0.25, 0.3) is 0 Å². The van der Waals surface area contributed by atoms with E-state index in [0.717, 1.165) is 24.6 Å². The summed E-state index contributed by atoms with van der Waals surface area (Å²) in [6, 6.07) is 9.30. The molecule has 0 aliphatic carbocycles. The average molecular weight is 244 g/mol. The van der Waals surface area contributed by atoms with Crippen LogP contribution in [-0.2, 0) is 0 Å². The van der Waals surface area contributed by atoms with Crippen molar-refractivity contribution < 1.29 is 5.11 Å². The third-order valence-corrected chi connectivity index (χ3v) is 3.80. The summed E-state index contributed by atoms with van der Waals surface area (Å²) in [5.41, 5.74) is 1.53. The highest BCUT2D eigenvalue weighted by Crippen LogP contribution is 2.22. The van der Waals surface area contributed by atoms with Gasteiger partial charge in [0.05, 0.1) is 17.7 Å². The van der Waals surface area contributed by atoms with E-state index in [2.05, 4.69) is 17.9 Å². The van der Waals surface area contributed by atoms with Crippen molar-refractivity contribution in [1.82, 2.24) is 4.90 Å². The number of nitrogens with zero attached hydrogens (tertiary/aromatic N) is 2. The molecule has 2 rings (SSSR count). The van der Waals surface area contributed by atoms with Crippen molar-refractivity contribution in [2.45, 2.75) is 25.9 Å². The van der Waals surface area contributed by atoms with Crippen LogP contribution in [0.15, 0.2) is 24.3 Å². The molecule has 0 amide bonds. The lowest BCUT2D eigenvalue weighted by atomic mass is 10.1. The molecule has 0 bridgehead atoms. The van der Waals surface area contributed by atoms with Crippen LogP contribution in [0.1, 0.15) is 37.0 Å². The summed E-state index contributed by atoms with van der Waals surface area (Å²) in [6.45, 7) is 5.11. The van der Waals surface area contributed by atoms with Gasteiger partial charge in [-0.3, -0.25) is 0 Å². The lowest BCUT2D eigenvalue weighted by Gasteiger charge is -2.20. The molecule has 1 fully saturated rings. The second-order valence-electron chi connectivity index (χ2n) is 5.07. The molecule has 1 saturated heterocycles. The van der Waals surface area contributed by atoms with Crippen molar-refractivity contribution in [1.29, 1.82) is 5.26 Å². The normalized spacial score (nSPS) is 21.7. The quantitative estimate of drug-likeness (QED) is 0.884. The van der Waals surface area contributed by atoms with Gasteiger partial charge in [0.2, 0.25) is 0 Å². The maximum Gasteiger partial charge on any atom is 0.0991 e. The molecule has 0 spiro atoms. The van der Waals surface area contributed by atoms with Crippen LogP contribution in [0, 0.1) is 17.2 Å². The molecule has 1 aromatic carbocycles. The Hall–Kier alpha value is -1.37. The van der Waals surface area contributed by atoms with E-state index in [1.807, 2.05) is 12.1 Å². The molecule has 1 aliphatic rings. The maximum atomic E-state index is 10.2. The summed E-state index contributed by atoms with van der Waals surface area (Å²) < 4.78 is 0. The molecule has 18 heavy (non-hydrogen) atoms. The third kappa shape index (κ3) is 3.10. The van der Waals surface area contributed by atoms with Gasteiger partial charge in [0.1, 0.15) is 0 Å². The zero-order valence-electron chi connectivity index (χ0n) is 10.8. The standard InChI is InChI=1S/C15H20N2O/c1-2-12-7-8-17(10-12)11-15(18)14-5-3-13(9-16)4-6-14/h3-6,12,15,18H,2,7-8,10-11H2,1H3. The zero-order chi connectivity index (χ0) is 13.0. The number of likely N-dealkylation sites (tertiary alicyclic amines) is 1.